The van der Waals surface area contributed by atoms with E-state index in [9.17, 15) is 0 Å². The Bertz CT molecular complexity index is 850. The number of halogens is 2. The molecule has 0 fully saturated rings. The summed E-state index contributed by atoms with van der Waals surface area (Å²) in [5.41, 5.74) is 8.39. The molecule has 0 radical (unpaired) electrons. The fourth-order valence-corrected chi connectivity index (χ4v) is 3.05. The summed E-state index contributed by atoms with van der Waals surface area (Å²) in [6, 6.07) is 11.2. The van der Waals surface area contributed by atoms with Crippen LogP contribution in [0.25, 0.3) is 0 Å². The molecule has 124 valence electrons. The number of ether oxygens (including phenoxy) is 1. The lowest BCUT2D eigenvalue weighted by Gasteiger charge is -2.07. The summed E-state index contributed by atoms with van der Waals surface area (Å²) < 4.78 is 10.1. The lowest BCUT2D eigenvalue weighted by Crippen LogP contribution is -1.94. The Hall–Kier alpha value is -1.82. The van der Waals surface area contributed by atoms with E-state index in [0.29, 0.717) is 21.7 Å². The van der Waals surface area contributed by atoms with Gasteiger partial charge in [-0.25, -0.2) is 0 Å². The molecule has 2 aromatic carbocycles. The molecule has 0 amide bonds. The number of nitrogen functional groups attached to an aromatic ring is 1. The molecule has 4 nitrogen and oxygen atoms in total. The van der Waals surface area contributed by atoms with Gasteiger partial charge in [0.05, 0.1) is 10.7 Å². The number of benzene rings is 2. The van der Waals surface area contributed by atoms with E-state index in [1.165, 1.54) is 17.1 Å². The second-order valence-electron chi connectivity index (χ2n) is 5.34. The zero-order valence-corrected chi connectivity index (χ0v) is 15.3. The Morgan fingerprint density at radius 3 is 2.62 bits per heavy atom. The smallest absolute Gasteiger partial charge is 0.298 e. The third-order valence-corrected chi connectivity index (χ3v) is 4.70. The molecule has 3 aromatic rings. The third kappa shape index (κ3) is 4.17. The fraction of sp³-hybridized carbons (Fsp3) is 0.176. The summed E-state index contributed by atoms with van der Waals surface area (Å²) in [4.78, 5) is 4.42. The lowest BCUT2D eigenvalue weighted by molar-refractivity contribution is 0.473. The van der Waals surface area contributed by atoms with E-state index in [1.54, 1.807) is 12.1 Å². The van der Waals surface area contributed by atoms with Gasteiger partial charge in [-0.1, -0.05) is 35.3 Å². The number of aromatic nitrogens is 2. The highest BCUT2D eigenvalue weighted by Gasteiger charge is 2.10. The number of aryl methyl sites for hydroxylation is 3. The largest absolute Gasteiger partial charge is 0.430 e. The molecular formula is C17H15Cl2N3OS. The number of hydrogen-bond donors (Lipinski definition) is 1. The van der Waals surface area contributed by atoms with Crippen molar-refractivity contribution in [3.05, 3.63) is 63.4 Å². The van der Waals surface area contributed by atoms with Crippen molar-refractivity contribution < 1.29 is 4.74 Å². The first-order chi connectivity index (χ1) is 11.5. The van der Waals surface area contributed by atoms with E-state index in [1.807, 2.05) is 31.2 Å². The third-order valence-electron chi connectivity index (χ3n) is 3.49. The molecule has 3 rings (SSSR count). The molecule has 0 unspecified atom stereocenters. The monoisotopic (exact) mass is 379 g/mol. The first-order valence-corrected chi connectivity index (χ1v) is 8.84. The first-order valence-electron chi connectivity index (χ1n) is 7.32. The normalized spacial score (nSPS) is 10.8. The highest BCUT2D eigenvalue weighted by Crippen LogP contribution is 2.32. The van der Waals surface area contributed by atoms with Crippen LogP contribution in [-0.4, -0.2) is 9.36 Å². The maximum atomic E-state index is 6.04. The van der Waals surface area contributed by atoms with Crippen LogP contribution >= 0.6 is 34.7 Å². The Morgan fingerprint density at radius 2 is 1.88 bits per heavy atom. The number of nitrogens with zero attached hydrogens (tertiary/aromatic N) is 2. The Labute approximate surface area is 154 Å². The predicted octanol–water partition coefficient (Wildman–Crippen LogP) is 5.31. The van der Waals surface area contributed by atoms with Crippen molar-refractivity contribution in [3.8, 4) is 10.9 Å². The van der Waals surface area contributed by atoms with Gasteiger partial charge in [-0.3, -0.25) is 0 Å². The zero-order chi connectivity index (χ0) is 17.1. The molecule has 0 aliphatic heterocycles. The predicted molar refractivity (Wildman–Crippen MR) is 99.4 cm³/mol. The van der Waals surface area contributed by atoms with Gasteiger partial charge in [-0.05, 0) is 42.7 Å². The number of nitrogens with two attached hydrogens (primary N) is 1. The Balaban J connectivity index is 1.65. The summed E-state index contributed by atoms with van der Waals surface area (Å²) in [7, 11) is 0. The van der Waals surface area contributed by atoms with E-state index >= 15 is 0 Å². The van der Waals surface area contributed by atoms with E-state index in [2.05, 4.69) is 9.36 Å². The van der Waals surface area contributed by atoms with Gasteiger partial charge in [0.2, 0.25) is 0 Å². The van der Waals surface area contributed by atoms with Crippen LogP contribution in [-0.2, 0) is 12.8 Å². The van der Waals surface area contributed by atoms with Crippen LogP contribution in [0.1, 0.15) is 17.0 Å². The lowest BCUT2D eigenvalue weighted by atomic mass is 10.1. The zero-order valence-electron chi connectivity index (χ0n) is 12.9. The molecule has 1 heterocycles. The molecule has 7 heteroatoms. The van der Waals surface area contributed by atoms with Crippen molar-refractivity contribution in [2.45, 2.75) is 19.8 Å². The van der Waals surface area contributed by atoms with Gasteiger partial charge in [0, 0.05) is 29.0 Å². The SMILES string of the molecule is Cc1cc(N)c(Cl)cc1Oc1nc(CCc2ccc(Cl)cc2)ns1. The number of hydrogen-bond acceptors (Lipinski definition) is 5. The van der Waals surface area contributed by atoms with Gasteiger partial charge in [0.15, 0.2) is 0 Å². The first kappa shape index (κ1) is 17.0. The molecular weight excluding hydrogens is 365 g/mol. The average Bonchev–Trinajstić information content (AvgIpc) is 3.00. The molecule has 24 heavy (non-hydrogen) atoms. The number of anilines is 1. The molecule has 0 saturated heterocycles. The summed E-state index contributed by atoms with van der Waals surface area (Å²) in [5.74, 6) is 1.39. The fourth-order valence-electron chi connectivity index (χ4n) is 2.18. The van der Waals surface area contributed by atoms with Crippen LogP contribution in [0.4, 0.5) is 5.69 Å². The molecule has 0 spiro atoms. The molecule has 0 aliphatic rings. The van der Waals surface area contributed by atoms with Crippen molar-refractivity contribution in [1.29, 1.82) is 0 Å². The second-order valence-corrected chi connectivity index (χ2v) is 6.90. The van der Waals surface area contributed by atoms with E-state index in [0.717, 1.165) is 29.3 Å². The molecule has 0 atom stereocenters. The summed E-state index contributed by atoms with van der Waals surface area (Å²) >= 11 is 13.1. The van der Waals surface area contributed by atoms with E-state index in [-0.39, 0.29) is 0 Å². The van der Waals surface area contributed by atoms with Crippen molar-refractivity contribution in [3.63, 3.8) is 0 Å². The van der Waals surface area contributed by atoms with Crippen LogP contribution in [0, 0.1) is 6.92 Å². The average molecular weight is 380 g/mol. The maximum absolute atomic E-state index is 6.04. The van der Waals surface area contributed by atoms with E-state index in [4.69, 9.17) is 33.7 Å². The van der Waals surface area contributed by atoms with Gasteiger partial charge in [-0.15, -0.1) is 0 Å². The summed E-state index contributed by atoms with van der Waals surface area (Å²) in [5, 5.41) is 1.69. The Kier molecular flexibility index (Phi) is 5.23. The van der Waals surface area contributed by atoms with Crippen LogP contribution in [0.15, 0.2) is 36.4 Å². The van der Waals surface area contributed by atoms with Gasteiger partial charge < -0.3 is 10.5 Å². The van der Waals surface area contributed by atoms with Crippen molar-refractivity contribution in [2.24, 2.45) is 0 Å². The van der Waals surface area contributed by atoms with Crippen LogP contribution in [0.5, 0.6) is 10.9 Å². The Morgan fingerprint density at radius 1 is 1.12 bits per heavy atom. The van der Waals surface area contributed by atoms with E-state index < -0.39 is 0 Å². The summed E-state index contributed by atoms with van der Waals surface area (Å²) in [6.45, 7) is 1.91. The van der Waals surface area contributed by atoms with Crippen LogP contribution in [0.2, 0.25) is 10.0 Å². The number of rotatable bonds is 5. The van der Waals surface area contributed by atoms with Gasteiger partial charge in [-0.2, -0.15) is 9.36 Å². The van der Waals surface area contributed by atoms with Gasteiger partial charge in [0.25, 0.3) is 5.19 Å². The quantitative estimate of drug-likeness (QED) is 0.609. The molecule has 0 saturated carbocycles. The van der Waals surface area contributed by atoms with Crippen LogP contribution < -0.4 is 10.5 Å². The minimum absolute atomic E-state index is 0.461. The topological polar surface area (TPSA) is 61.0 Å². The van der Waals surface area contributed by atoms with Crippen molar-refractivity contribution >= 4 is 40.4 Å². The van der Waals surface area contributed by atoms with Crippen LogP contribution in [0.3, 0.4) is 0 Å². The molecule has 2 N–H and O–H groups in total. The molecule has 0 bridgehead atoms. The highest BCUT2D eigenvalue weighted by atomic mass is 35.5. The van der Waals surface area contributed by atoms with Crippen molar-refractivity contribution in [1.82, 2.24) is 9.36 Å². The minimum Gasteiger partial charge on any atom is -0.430 e. The molecule has 1 aromatic heterocycles. The van der Waals surface area contributed by atoms with Gasteiger partial charge in [0.1, 0.15) is 11.6 Å². The standard InChI is InChI=1S/C17H15Cl2N3OS/c1-10-8-14(20)13(19)9-15(10)23-17-21-16(22-24-17)7-4-11-2-5-12(18)6-3-11/h2-3,5-6,8-9H,4,7,20H2,1H3. The minimum atomic E-state index is 0.461. The second kappa shape index (κ2) is 7.38. The maximum Gasteiger partial charge on any atom is 0.298 e. The van der Waals surface area contributed by atoms with Gasteiger partial charge >= 0.3 is 0 Å². The molecule has 0 aliphatic carbocycles. The summed E-state index contributed by atoms with van der Waals surface area (Å²) in [6.07, 6.45) is 1.59. The highest BCUT2D eigenvalue weighted by molar-refractivity contribution is 7.07. The van der Waals surface area contributed by atoms with Crippen molar-refractivity contribution in [2.75, 3.05) is 5.73 Å².